The SMILES string of the molecule is CN1CC[C@@H](NC(=O)Nc2cccs2)C1. The summed E-state index contributed by atoms with van der Waals surface area (Å²) in [6.45, 7) is 2.00. The predicted molar refractivity (Wildman–Crippen MR) is 62.4 cm³/mol. The number of likely N-dealkylation sites (tertiary alicyclic amines) is 1. The number of nitrogens with zero attached hydrogens (tertiary/aromatic N) is 1. The van der Waals surface area contributed by atoms with Gasteiger partial charge in [-0.3, -0.25) is 5.32 Å². The van der Waals surface area contributed by atoms with Gasteiger partial charge in [0.25, 0.3) is 0 Å². The maximum Gasteiger partial charge on any atom is 0.320 e. The van der Waals surface area contributed by atoms with Crippen molar-refractivity contribution >= 4 is 22.4 Å². The molecule has 2 N–H and O–H groups in total. The monoisotopic (exact) mass is 225 g/mol. The summed E-state index contributed by atoms with van der Waals surface area (Å²) in [5, 5.41) is 8.61. The number of carbonyl (C=O) groups is 1. The molecule has 1 aliphatic rings. The Morgan fingerprint density at radius 1 is 1.67 bits per heavy atom. The Kier molecular flexibility index (Phi) is 3.23. The summed E-state index contributed by atoms with van der Waals surface area (Å²) in [6, 6.07) is 4.00. The molecule has 1 atom stereocenters. The van der Waals surface area contributed by atoms with Crippen molar-refractivity contribution in [3.8, 4) is 0 Å². The standard InChI is InChI=1S/C10H15N3OS/c1-13-5-4-8(7-13)11-10(14)12-9-3-2-6-15-9/h2-3,6,8H,4-5,7H2,1H3,(H2,11,12,14)/t8-/m1/s1. The van der Waals surface area contributed by atoms with Crippen LogP contribution in [0.5, 0.6) is 0 Å². The first-order chi connectivity index (χ1) is 7.24. The number of hydrogen-bond acceptors (Lipinski definition) is 3. The number of nitrogens with one attached hydrogen (secondary N) is 2. The Labute approximate surface area is 93.3 Å². The van der Waals surface area contributed by atoms with Gasteiger partial charge in [-0.05, 0) is 37.5 Å². The van der Waals surface area contributed by atoms with Gasteiger partial charge in [-0.1, -0.05) is 0 Å². The van der Waals surface area contributed by atoms with Gasteiger partial charge in [0.15, 0.2) is 0 Å². The molecule has 2 rings (SSSR count). The number of likely N-dealkylation sites (N-methyl/N-ethyl adjacent to an activating group) is 1. The molecular weight excluding hydrogens is 210 g/mol. The molecule has 0 spiro atoms. The van der Waals surface area contributed by atoms with Crippen molar-refractivity contribution < 1.29 is 4.79 Å². The van der Waals surface area contributed by atoms with Crippen molar-refractivity contribution in [3.05, 3.63) is 17.5 Å². The smallest absolute Gasteiger partial charge is 0.320 e. The van der Waals surface area contributed by atoms with Crippen molar-refractivity contribution in [2.24, 2.45) is 0 Å². The minimum atomic E-state index is -0.0993. The molecule has 0 saturated carbocycles. The fourth-order valence-electron chi connectivity index (χ4n) is 1.74. The van der Waals surface area contributed by atoms with Crippen LogP contribution in [0.25, 0.3) is 0 Å². The van der Waals surface area contributed by atoms with E-state index in [1.54, 1.807) is 0 Å². The first-order valence-corrected chi connectivity index (χ1v) is 5.91. The fourth-order valence-corrected chi connectivity index (χ4v) is 2.35. The molecule has 2 heterocycles. The molecule has 4 nitrogen and oxygen atoms in total. The first-order valence-electron chi connectivity index (χ1n) is 5.03. The fraction of sp³-hybridized carbons (Fsp3) is 0.500. The van der Waals surface area contributed by atoms with Crippen molar-refractivity contribution in [1.82, 2.24) is 10.2 Å². The van der Waals surface area contributed by atoms with Crippen LogP contribution in [-0.2, 0) is 0 Å². The number of carbonyl (C=O) groups excluding carboxylic acids is 1. The average Bonchev–Trinajstić information content (AvgIpc) is 2.77. The third-order valence-corrected chi connectivity index (χ3v) is 3.27. The molecule has 0 aliphatic carbocycles. The molecule has 1 saturated heterocycles. The van der Waals surface area contributed by atoms with Gasteiger partial charge in [-0.15, -0.1) is 11.3 Å². The maximum absolute atomic E-state index is 11.5. The van der Waals surface area contributed by atoms with Gasteiger partial charge in [0.2, 0.25) is 0 Å². The van der Waals surface area contributed by atoms with Crippen LogP contribution in [0.1, 0.15) is 6.42 Å². The van der Waals surface area contributed by atoms with Crippen LogP contribution >= 0.6 is 11.3 Å². The number of rotatable bonds is 2. The molecule has 1 aromatic rings. The Bertz CT molecular complexity index is 325. The molecule has 15 heavy (non-hydrogen) atoms. The van der Waals surface area contributed by atoms with Crippen molar-refractivity contribution in [2.45, 2.75) is 12.5 Å². The molecule has 5 heteroatoms. The summed E-state index contributed by atoms with van der Waals surface area (Å²) < 4.78 is 0. The Hall–Kier alpha value is -1.07. The van der Waals surface area contributed by atoms with Crippen LogP contribution < -0.4 is 10.6 Å². The van der Waals surface area contributed by atoms with E-state index in [1.807, 2.05) is 17.5 Å². The van der Waals surface area contributed by atoms with E-state index in [1.165, 1.54) is 11.3 Å². The van der Waals surface area contributed by atoms with Crippen LogP contribution in [0.3, 0.4) is 0 Å². The lowest BCUT2D eigenvalue weighted by atomic mass is 10.3. The van der Waals surface area contributed by atoms with Crippen molar-refractivity contribution in [1.29, 1.82) is 0 Å². The second-order valence-electron chi connectivity index (χ2n) is 3.82. The third kappa shape index (κ3) is 2.94. The number of urea groups is 1. The zero-order valence-corrected chi connectivity index (χ0v) is 9.51. The molecule has 0 aromatic carbocycles. The third-order valence-electron chi connectivity index (χ3n) is 2.48. The second-order valence-corrected chi connectivity index (χ2v) is 4.77. The van der Waals surface area contributed by atoms with Crippen LogP contribution in [-0.4, -0.2) is 37.1 Å². The summed E-state index contributed by atoms with van der Waals surface area (Å²) in [5.74, 6) is 0. The maximum atomic E-state index is 11.5. The quantitative estimate of drug-likeness (QED) is 0.802. The molecule has 1 fully saturated rings. The second kappa shape index (κ2) is 4.63. The van der Waals surface area contributed by atoms with E-state index in [2.05, 4.69) is 22.6 Å². The van der Waals surface area contributed by atoms with E-state index in [-0.39, 0.29) is 12.1 Å². The lowest BCUT2D eigenvalue weighted by molar-refractivity contribution is 0.248. The zero-order chi connectivity index (χ0) is 10.7. The summed E-state index contributed by atoms with van der Waals surface area (Å²) in [4.78, 5) is 13.8. The van der Waals surface area contributed by atoms with E-state index in [4.69, 9.17) is 0 Å². The average molecular weight is 225 g/mol. The van der Waals surface area contributed by atoms with Gasteiger partial charge in [0, 0.05) is 12.6 Å². The van der Waals surface area contributed by atoms with Gasteiger partial charge < -0.3 is 10.2 Å². The molecular formula is C10H15N3OS. The van der Waals surface area contributed by atoms with E-state index in [0.717, 1.165) is 24.5 Å². The topological polar surface area (TPSA) is 44.4 Å². The molecule has 0 radical (unpaired) electrons. The molecule has 1 aromatic heterocycles. The highest BCUT2D eigenvalue weighted by molar-refractivity contribution is 7.14. The van der Waals surface area contributed by atoms with Crippen molar-refractivity contribution in [3.63, 3.8) is 0 Å². The number of amides is 2. The minimum absolute atomic E-state index is 0.0993. The van der Waals surface area contributed by atoms with Crippen LogP contribution in [0.15, 0.2) is 17.5 Å². The van der Waals surface area contributed by atoms with E-state index in [9.17, 15) is 4.79 Å². The Balaban J connectivity index is 1.78. The van der Waals surface area contributed by atoms with Gasteiger partial charge in [-0.2, -0.15) is 0 Å². The summed E-state index contributed by atoms with van der Waals surface area (Å²) in [5.41, 5.74) is 0. The number of hydrogen-bond donors (Lipinski definition) is 2. The highest BCUT2D eigenvalue weighted by Crippen LogP contribution is 2.14. The van der Waals surface area contributed by atoms with Gasteiger partial charge in [-0.25, -0.2) is 4.79 Å². The minimum Gasteiger partial charge on any atom is -0.334 e. The molecule has 82 valence electrons. The highest BCUT2D eigenvalue weighted by Gasteiger charge is 2.20. The summed E-state index contributed by atoms with van der Waals surface area (Å²) in [6.07, 6.45) is 1.04. The Morgan fingerprint density at radius 2 is 2.53 bits per heavy atom. The highest BCUT2D eigenvalue weighted by atomic mass is 32.1. The van der Waals surface area contributed by atoms with Gasteiger partial charge in [0.05, 0.1) is 5.00 Å². The molecule has 1 aliphatic heterocycles. The number of thiophene rings is 1. The summed E-state index contributed by atoms with van der Waals surface area (Å²) in [7, 11) is 2.07. The zero-order valence-electron chi connectivity index (χ0n) is 8.69. The van der Waals surface area contributed by atoms with E-state index < -0.39 is 0 Å². The van der Waals surface area contributed by atoms with E-state index >= 15 is 0 Å². The molecule has 2 amide bonds. The van der Waals surface area contributed by atoms with Gasteiger partial charge in [0.1, 0.15) is 0 Å². The molecule has 0 bridgehead atoms. The summed E-state index contributed by atoms with van der Waals surface area (Å²) >= 11 is 1.53. The number of anilines is 1. The van der Waals surface area contributed by atoms with Crippen LogP contribution in [0.2, 0.25) is 0 Å². The Morgan fingerprint density at radius 3 is 3.13 bits per heavy atom. The predicted octanol–water partition coefficient (Wildman–Crippen LogP) is 1.57. The van der Waals surface area contributed by atoms with Gasteiger partial charge >= 0.3 is 6.03 Å². The first kappa shape index (κ1) is 10.4. The van der Waals surface area contributed by atoms with Crippen LogP contribution in [0, 0.1) is 0 Å². The normalized spacial score (nSPS) is 21.5. The largest absolute Gasteiger partial charge is 0.334 e. The van der Waals surface area contributed by atoms with E-state index in [0.29, 0.717) is 0 Å². The van der Waals surface area contributed by atoms with Crippen LogP contribution in [0.4, 0.5) is 9.80 Å². The molecule has 0 unspecified atom stereocenters. The lowest BCUT2D eigenvalue weighted by Gasteiger charge is -2.12. The lowest BCUT2D eigenvalue weighted by Crippen LogP contribution is -2.39. The van der Waals surface area contributed by atoms with Crippen molar-refractivity contribution in [2.75, 3.05) is 25.5 Å².